The number of aliphatic carboxylic acids is 1. The molecule has 0 fully saturated rings. The van der Waals surface area contributed by atoms with Gasteiger partial charge in [-0.15, -0.1) is 0 Å². The molecule has 0 aromatic rings. The quantitative estimate of drug-likeness (QED) is 0.647. The van der Waals surface area contributed by atoms with Crippen LogP contribution in [0.4, 0.5) is 4.79 Å². The molecule has 0 aliphatic carbocycles. The molecule has 0 aliphatic rings. The number of ether oxygens (including phenoxy) is 1. The van der Waals surface area contributed by atoms with E-state index in [1.807, 2.05) is 0 Å². The van der Waals surface area contributed by atoms with Gasteiger partial charge in [0.15, 0.2) is 0 Å². The summed E-state index contributed by atoms with van der Waals surface area (Å²) in [5.41, 5.74) is -0.595. The fourth-order valence-corrected chi connectivity index (χ4v) is 0.462. The lowest BCUT2D eigenvalue weighted by atomic mass is 10.2. The van der Waals surface area contributed by atoms with Crippen molar-refractivity contribution in [1.82, 2.24) is 5.32 Å². The summed E-state index contributed by atoms with van der Waals surface area (Å²) in [5, 5.41) is 10.3. The first-order valence-corrected chi connectivity index (χ1v) is 3.50. The number of carbonyl (C=O) groups is 2. The van der Waals surface area contributed by atoms with Crippen molar-refractivity contribution in [2.75, 3.05) is 6.54 Å². The Balaban J connectivity index is 3.68. The molecule has 0 bridgehead atoms. The average Bonchev–Trinajstić information content (AvgIpc) is 1.79. The summed E-state index contributed by atoms with van der Waals surface area (Å²) in [7, 11) is 0. The van der Waals surface area contributed by atoms with Crippen molar-refractivity contribution >= 4 is 12.1 Å². The second kappa shape index (κ2) is 3.94. The van der Waals surface area contributed by atoms with E-state index < -0.39 is 24.2 Å². The molecule has 0 saturated heterocycles. The van der Waals surface area contributed by atoms with Gasteiger partial charge in [-0.1, -0.05) is 0 Å². The fraction of sp³-hybridized carbons (Fsp3) is 0.714. The summed E-state index contributed by atoms with van der Waals surface area (Å²) in [6.45, 7) is 4.68. The van der Waals surface area contributed by atoms with E-state index in [1.54, 1.807) is 20.8 Å². The molecule has 0 aliphatic heterocycles. The van der Waals surface area contributed by atoms with Crippen LogP contribution in [0.15, 0.2) is 0 Å². The Bertz CT molecular complexity index is 182. The lowest BCUT2D eigenvalue weighted by molar-refractivity contribution is -0.136. The van der Waals surface area contributed by atoms with E-state index in [2.05, 4.69) is 5.32 Å². The van der Waals surface area contributed by atoms with E-state index >= 15 is 0 Å². The Morgan fingerprint density at radius 3 is 2.42 bits per heavy atom. The van der Waals surface area contributed by atoms with Crippen LogP contribution in [0.5, 0.6) is 0 Å². The minimum Gasteiger partial charge on any atom is -0.480 e. The third-order valence-electron chi connectivity index (χ3n) is 0.783. The molecule has 5 heteroatoms. The van der Waals surface area contributed by atoms with Crippen molar-refractivity contribution in [2.45, 2.75) is 26.4 Å². The number of nitrogens with one attached hydrogen (secondary N) is 1. The number of hydrogen-bond donors (Lipinski definition) is 2. The summed E-state index contributed by atoms with van der Waals surface area (Å²) in [6.07, 6.45) is -0.718. The molecule has 2 N–H and O–H groups in total. The van der Waals surface area contributed by atoms with Gasteiger partial charge < -0.3 is 15.2 Å². The van der Waals surface area contributed by atoms with Crippen molar-refractivity contribution in [3.63, 3.8) is 0 Å². The standard InChI is InChI=1S/C7H13NO4/c1-7(2,3)12-6(11)8-4-5(9)10/h4H2,1-3H3,(H,8,11)(H,9,10)/i5+2. The predicted molar refractivity (Wildman–Crippen MR) is 41.9 cm³/mol. The van der Waals surface area contributed by atoms with E-state index in [4.69, 9.17) is 9.84 Å². The topological polar surface area (TPSA) is 75.6 Å². The van der Waals surface area contributed by atoms with E-state index in [1.165, 1.54) is 0 Å². The van der Waals surface area contributed by atoms with Crippen LogP contribution in [0.1, 0.15) is 20.8 Å². The predicted octanol–water partition coefficient (Wildman–Crippen LogP) is 0.596. The largest absolute Gasteiger partial charge is 0.480 e. The zero-order chi connectivity index (χ0) is 9.78. The molecule has 70 valence electrons. The molecular weight excluding hydrogens is 164 g/mol. The van der Waals surface area contributed by atoms with Crippen LogP contribution < -0.4 is 5.32 Å². The van der Waals surface area contributed by atoms with E-state index in [0.717, 1.165) is 0 Å². The number of carbonyl (C=O) groups excluding carboxylic acids is 1. The van der Waals surface area contributed by atoms with Crippen molar-refractivity contribution in [3.05, 3.63) is 0 Å². The highest BCUT2D eigenvalue weighted by Gasteiger charge is 2.15. The Morgan fingerprint density at radius 1 is 1.58 bits per heavy atom. The van der Waals surface area contributed by atoms with Crippen LogP contribution in [-0.2, 0) is 9.53 Å². The van der Waals surface area contributed by atoms with Crippen LogP contribution >= 0.6 is 0 Å². The Morgan fingerprint density at radius 2 is 2.08 bits per heavy atom. The second-order valence-corrected chi connectivity index (χ2v) is 3.25. The average molecular weight is 177 g/mol. The molecule has 0 rings (SSSR count). The summed E-state index contributed by atoms with van der Waals surface area (Å²) in [6, 6.07) is 0. The first-order chi connectivity index (χ1) is 5.31. The van der Waals surface area contributed by atoms with Crippen LogP contribution in [0.25, 0.3) is 0 Å². The highest BCUT2D eigenvalue weighted by molar-refractivity contribution is 5.76. The lowest BCUT2D eigenvalue weighted by Crippen LogP contribution is -2.35. The van der Waals surface area contributed by atoms with Crippen molar-refractivity contribution in [1.29, 1.82) is 0 Å². The zero-order valence-electron chi connectivity index (χ0n) is 7.38. The third kappa shape index (κ3) is 6.85. The first kappa shape index (κ1) is 10.7. The number of carboxylic acids is 1. The maximum absolute atomic E-state index is 10.8. The van der Waals surface area contributed by atoms with Gasteiger partial charge >= 0.3 is 12.1 Å². The van der Waals surface area contributed by atoms with E-state index in [0.29, 0.717) is 0 Å². The molecule has 0 unspecified atom stereocenters. The summed E-state index contributed by atoms with van der Waals surface area (Å²) in [4.78, 5) is 20.8. The number of amides is 1. The highest BCUT2D eigenvalue weighted by atomic mass is 16.6. The van der Waals surface area contributed by atoms with Crippen molar-refractivity contribution in [2.24, 2.45) is 0 Å². The van der Waals surface area contributed by atoms with Crippen LogP contribution in [0.3, 0.4) is 0 Å². The zero-order valence-corrected chi connectivity index (χ0v) is 7.38. The van der Waals surface area contributed by atoms with Crippen LogP contribution in [-0.4, -0.2) is 29.3 Å². The van der Waals surface area contributed by atoms with Crippen molar-refractivity contribution in [3.8, 4) is 0 Å². The van der Waals surface area contributed by atoms with Gasteiger partial charge in [-0.3, -0.25) is 4.79 Å². The number of rotatable bonds is 2. The molecule has 0 aromatic heterocycles. The van der Waals surface area contributed by atoms with Gasteiger partial charge in [0, 0.05) is 0 Å². The third-order valence-corrected chi connectivity index (χ3v) is 0.783. The molecule has 12 heavy (non-hydrogen) atoms. The van der Waals surface area contributed by atoms with Gasteiger partial charge in [-0.05, 0) is 20.8 Å². The van der Waals surface area contributed by atoms with Crippen LogP contribution in [0.2, 0.25) is 0 Å². The molecule has 0 radical (unpaired) electrons. The second-order valence-electron chi connectivity index (χ2n) is 3.25. The van der Waals surface area contributed by atoms with Gasteiger partial charge in [0.05, 0.1) is 0 Å². The molecule has 0 heterocycles. The molecule has 0 aromatic carbocycles. The SMILES string of the molecule is CC(C)(C)OC(=O)NC[14C](=O)O. The minimum absolute atomic E-state index is 0.422. The highest BCUT2D eigenvalue weighted by Crippen LogP contribution is 2.05. The van der Waals surface area contributed by atoms with Gasteiger partial charge in [-0.25, -0.2) is 4.79 Å². The maximum Gasteiger partial charge on any atom is 0.408 e. The molecule has 1 amide bonds. The number of hydrogen-bond acceptors (Lipinski definition) is 3. The smallest absolute Gasteiger partial charge is 0.408 e. The summed E-state index contributed by atoms with van der Waals surface area (Å²) >= 11 is 0. The Labute approximate surface area is 70.7 Å². The summed E-state index contributed by atoms with van der Waals surface area (Å²) in [5.74, 6) is -1.10. The molecule has 5 nitrogen and oxygen atoms in total. The maximum atomic E-state index is 10.8. The molecule has 0 saturated carbocycles. The first-order valence-electron chi connectivity index (χ1n) is 3.50. The minimum atomic E-state index is -1.10. The fourth-order valence-electron chi connectivity index (χ4n) is 0.462. The molecule has 0 atom stereocenters. The number of alkyl carbamates (subject to hydrolysis) is 1. The van der Waals surface area contributed by atoms with Gasteiger partial charge in [0.2, 0.25) is 0 Å². The van der Waals surface area contributed by atoms with E-state index in [9.17, 15) is 9.59 Å². The van der Waals surface area contributed by atoms with E-state index in [-0.39, 0.29) is 0 Å². The van der Waals surface area contributed by atoms with Crippen molar-refractivity contribution < 1.29 is 19.4 Å². The van der Waals surface area contributed by atoms with Gasteiger partial charge in [0.25, 0.3) is 0 Å². The number of carboxylic acid groups (broad SMARTS) is 1. The normalized spacial score (nSPS) is 10.6. The monoisotopic (exact) mass is 177 g/mol. The van der Waals surface area contributed by atoms with Crippen LogP contribution in [0, 0.1) is 0 Å². The Hall–Kier alpha value is -1.26. The van der Waals surface area contributed by atoms with Gasteiger partial charge in [0.1, 0.15) is 12.1 Å². The summed E-state index contributed by atoms with van der Waals surface area (Å²) < 4.78 is 4.77. The van der Waals surface area contributed by atoms with Gasteiger partial charge in [-0.2, -0.15) is 0 Å². The molecule has 0 spiro atoms. The lowest BCUT2D eigenvalue weighted by Gasteiger charge is -2.19. The Kier molecular flexibility index (Phi) is 3.53. The molecular formula is C7H13NO4.